The molecule has 1 fully saturated rings. The minimum Gasteiger partial charge on any atom is -0.271 e. The fourth-order valence-corrected chi connectivity index (χ4v) is 6.85. The van der Waals surface area contributed by atoms with Gasteiger partial charge in [-0.3, -0.25) is 9.67 Å². The summed E-state index contributed by atoms with van der Waals surface area (Å²) in [5, 5.41) is 13.4. The second-order valence-corrected chi connectivity index (χ2v) is 13.0. The van der Waals surface area contributed by atoms with Crippen molar-refractivity contribution in [3.8, 4) is 22.6 Å². The number of rotatable bonds is 6. The van der Waals surface area contributed by atoms with Crippen LogP contribution >= 0.6 is 0 Å². The molecular formula is C27H26F2N6O2S. The highest BCUT2D eigenvalue weighted by Crippen LogP contribution is 2.69. The summed E-state index contributed by atoms with van der Waals surface area (Å²) in [5.41, 5.74) is 2.74. The molecule has 8 nitrogen and oxygen atoms in total. The van der Waals surface area contributed by atoms with Gasteiger partial charge in [0.2, 0.25) is 0 Å². The first-order chi connectivity index (χ1) is 18.0. The Balaban J connectivity index is 1.41. The topological polar surface area (TPSA) is 104 Å². The molecular weight excluding hydrogens is 510 g/mol. The first-order valence-electron chi connectivity index (χ1n) is 12.4. The first kappa shape index (κ1) is 24.7. The fraction of sp³-hybridized carbons (Fsp3) is 0.370. The van der Waals surface area contributed by atoms with E-state index in [0.717, 1.165) is 29.8 Å². The summed E-state index contributed by atoms with van der Waals surface area (Å²) in [6.07, 6.45) is 7.96. The van der Waals surface area contributed by atoms with E-state index in [-0.39, 0.29) is 34.9 Å². The lowest BCUT2D eigenvalue weighted by molar-refractivity contribution is 0.242. The van der Waals surface area contributed by atoms with Crippen molar-refractivity contribution in [1.29, 1.82) is 0 Å². The van der Waals surface area contributed by atoms with E-state index in [1.165, 1.54) is 24.5 Å². The summed E-state index contributed by atoms with van der Waals surface area (Å²) >= 11 is 0. The van der Waals surface area contributed by atoms with Crippen LogP contribution in [0.1, 0.15) is 49.6 Å². The van der Waals surface area contributed by atoms with Crippen molar-refractivity contribution in [3.63, 3.8) is 0 Å². The van der Waals surface area contributed by atoms with E-state index in [1.807, 2.05) is 0 Å². The Morgan fingerprint density at radius 1 is 1.05 bits per heavy atom. The maximum atomic E-state index is 14.5. The van der Waals surface area contributed by atoms with Crippen LogP contribution in [0.3, 0.4) is 0 Å². The molecule has 4 aromatic rings. The molecule has 0 N–H and O–H groups in total. The normalized spacial score (nSPS) is 21.6. The van der Waals surface area contributed by atoms with Crippen LogP contribution in [0.4, 0.5) is 8.78 Å². The zero-order valence-electron chi connectivity index (χ0n) is 21.2. The van der Waals surface area contributed by atoms with Gasteiger partial charge in [0.25, 0.3) is 0 Å². The highest BCUT2D eigenvalue weighted by Gasteiger charge is 2.65. The molecule has 0 amide bonds. The van der Waals surface area contributed by atoms with Crippen molar-refractivity contribution in [2.45, 2.75) is 44.6 Å². The third-order valence-corrected chi connectivity index (χ3v) is 9.19. The van der Waals surface area contributed by atoms with Crippen molar-refractivity contribution in [3.05, 3.63) is 77.5 Å². The van der Waals surface area contributed by atoms with Crippen molar-refractivity contribution in [1.82, 2.24) is 29.9 Å². The van der Waals surface area contributed by atoms with Crippen LogP contribution in [0, 0.1) is 17.0 Å². The van der Waals surface area contributed by atoms with E-state index >= 15 is 0 Å². The minimum absolute atomic E-state index is 0.00719. The summed E-state index contributed by atoms with van der Waals surface area (Å²) in [7, 11) is -3.11. The van der Waals surface area contributed by atoms with Crippen molar-refractivity contribution in [2.24, 2.45) is 5.41 Å². The zero-order chi connectivity index (χ0) is 26.9. The molecule has 0 radical (unpaired) electrons. The van der Waals surface area contributed by atoms with Gasteiger partial charge in [0.1, 0.15) is 32.9 Å². The summed E-state index contributed by atoms with van der Waals surface area (Å²) in [5.74, 6) is -1.24. The number of benzene rings is 1. The molecule has 6 rings (SSSR count). The second-order valence-electron chi connectivity index (χ2n) is 10.7. The van der Waals surface area contributed by atoms with Crippen LogP contribution in [0.15, 0.2) is 48.9 Å². The zero-order valence-corrected chi connectivity index (χ0v) is 22.0. The Kier molecular flexibility index (Phi) is 5.50. The van der Waals surface area contributed by atoms with E-state index < -0.39 is 26.9 Å². The maximum Gasteiger partial charge on any atom is 0.149 e. The van der Waals surface area contributed by atoms with Gasteiger partial charge in [-0.15, -0.1) is 5.10 Å². The first-order valence-corrected chi connectivity index (χ1v) is 14.4. The van der Waals surface area contributed by atoms with E-state index in [2.05, 4.69) is 34.1 Å². The third kappa shape index (κ3) is 3.66. The Morgan fingerprint density at radius 3 is 2.55 bits per heavy atom. The van der Waals surface area contributed by atoms with E-state index in [9.17, 15) is 17.2 Å². The molecule has 2 bridgehead atoms. The molecule has 3 aromatic heterocycles. The number of halogens is 2. The van der Waals surface area contributed by atoms with E-state index in [0.29, 0.717) is 11.4 Å². The lowest BCUT2D eigenvalue weighted by Gasteiger charge is -2.37. The lowest BCUT2D eigenvalue weighted by atomic mass is 9.66. The van der Waals surface area contributed by atoms with Crippen molar-refractivity contribution >= 4 is 9.84 Å². The molecule has 0 unspecified atom stereocenters. The van der Waals surface area contributed by atoms with Crippen molar-refractivity contribution < 1.29 is 17.2 Å². The summed E-state index contributed by atoms with van der Waals surface area (Å²) in [6, 6.07) is 7.32. The lowest BCUT2D eigenvalue weighted by Crippen LogP contribution is -2.38. The molecule has 3 heterocycles. The predicted molar refractivity (Wildman–Crippen MR) is 137 cm³/mol. The van der Waals surface area contributed by atoms with Crippen LogP contribution in [-0.2, 0) is 21.8 Å². The summed E-state index contributed by atoms with van der Waals surface area (Å²) in [4.78, 5) is 9.46. The van der Waals surface area contributed by atoms with Crippen LogP contribution in [0.2, 0.25) is 0 Å². The van der Waals surface area contributed by atoms with Crippen LogP contribution in [0.5, 0.6) is 0 Å². The van der Waals surface area contributed by atoms with Gasteiger partial charge in [-0.1, -0.05) is 19.9 Å². The Labute approximate surface area is 219 Å². The van der Waals surface area contributed by atoms with Crippen LogP contribution in [-0.4, -0.2) is 50.4 Å². The number of aryl methyl sites for hydroxylation is 1. The molecule has 1 saturated carbocycles. The standard InChI is InChI=1S/C27H26F2N6O2S/c1-26(2)17-7-9-27(26,25-16(17)13-21(32-33-25)24-18(28)5-4-6-19(24)29)23-15-30-14-22(31-23)20-8-10-35(34-20)11-12-38(3,36)37/h4-6,8,10,13-15,17H,7,9,11-12H2,1-3H3/t17-,27-/m0/s1. The van der Waals surface area contributed by atoms with Gasteiger partial charge in [-0.05, 0) is 54.0 Å². The molecule has 2 aliphatic rings. The molecule has 2 atom stereocenters. The van der Waals surface area contributed by atoms with Gasteiger partial charge in [-0.25, -0.2) is 22.2 Å². The predicted octanol–water partition coefficient (Wildman–Crippen LogP) is 4.32. The van der Waals surface area contributed by atoms with Gasteiger partial charge in [-0.2, -0.15) is 10.2 Å². The quantitative estimate of drug-likeness (QED) is 0.361. The highest BCUT2D eigenvalue weighted by molar-refractivity contribution is 7.90. The Hall–Kier alpha value is -3.60. The third-order valence-electron chi connectivity index (χ3n) is 8.27. The number of nitrogens with zero attached hydrogens (tertiary/aromatic N) is 6. The number of sulfone groups is 1. The second kappa shape index (κ2) is 8.45. The number of aromatic nitrogens is 6. The Morgan fingerprint density at radius 2 is 1.82 bits per heavy atom. The molecule has 0 spiro atoms. The SMILES string of the molecule is CC1(C)[C@H]2CC[C@]1(c1cncc(-c3ccn(CCS(C)(=O)=O)n3)n1)c1nnc(-c3c(F)cccc3F)cc12. The average Bonchev–Trinajstić information content (AvgIpc) is 3.50. The largest absolute Gasteiger partial charge is 0.271 e. The van der Waals surface area contributed by atoms with Gasteiger partial charge < -0.3 is 0 Å². The maximum absolute atomic E-state index is 14.5. The highest BCUT2D eigenvalue weighted by atomic mass is 32.2. The number of fused-ring (bicyclic) bond motifs is 5. The molecule has 11 heteroatoms. The molecule has 0 aliphatic heterocycles. The number of hydrogen-bond acceptors (Lipinski definition) is 7. The molecule has 196 valence electrons. The van der Waals surface area contributed by atoms with Gasteiger partial charge in [0.05, 0.1) is 46.6 Å². The van der Waals surface area contributed by atoms with E-state index in [1.54, 1.807) is 35.4 Å². The monoisotopic (exact) mass is 536 g/mol. The van der Waals surface area contributed by atoms with Crippen LogP contribution < -0.4 is 0 Å². The number of hydrogen-bond donors (Lipinski definition) is 0. The molecule has 0 saturated heterocycles. The average molecular weight is 537 g/mol. The van der Waals surface area contributed by atoms with E-state index in [4.69, 9.17) is 4.98 Å². The van der Waals surface area contributed by atoms with Gasteiger partial charge >= 0.3 is 0 Å². The molecule has 2 aliphatic carbocycles. The summed E-state index contributed by atoms with van der Waals surface area (Å²) < 4.78 is 53.7. The van der Waals surface area contributed by atoms with Crippen molar-refractivity contribution in [2.75, 3.05) is 12.0 Å². The molecule has 1 aromatic carbocycles. The fourth-order valence-electron chi connectivity index (χ4n) is 6.33. The minimum atomic E-state index is -3.11. The van der Waals surface area contributed by atoms with Gasteiger partial charge in [0.15, 0.2) is 0 Å². The smallest absolute Gasteiger partial charge is 0.149 e. The summed E-state index contributed by atoms with van der Waals surface area (Å²) in [6.45, 7) is 4.59. The Bertz CT molecular complexity index is 1670. The van der Waals surface area contributed by atoms with Gasteiger partial charge in [0, 0.05) is 18.6 Å². The van der Waals surface area contributed by atoms with Crippen LogP contribution in [0.25, 0.3) is 22.6 Å². The molecule has 38 heavy (non-hydrogen) atoms.